The molecule has 104 valence electrons. The molecule has 0 spiro atoms. The first-order valence-electron chi connectivity index (χ1n) is 5.62. The largest absolute Gasteiger partial charge is 0.493 e. The van der Waals surface area contributed by atoms with Gasteiger partial charge in [0.05, 0.1) is 7.11 Å². The number of hydrogen-bond acceptors (Lipinski definition) is 5. The Morgan fingerprint density at radius 1 is 1.00 bits per heavy atom. The maximum Gasteiger partial charge on any atom is 0.445 e. The summed E-state index contributed by atoms with van der Waals surface area (Å²) in [6, 6.07) is 14.3. The van der Waals surface area contributed by atoms with Gasteiger partial charge in [0, 0.05) is 0 Å². The molecule has 7 heteroatoms. The number of benzene rings is 2. The van der Waals surface area contributed by atoms with Crippen molar-refractivity contribution in [2.75, 3.05) is 7.11 Å². The third kappa shape index (κ3) is 3.12. The lowest BCUT2D eigenvalue weighted by Gasteiger charge is -2.10. The first-order chi connectivity index (χ1) is 9.55. The topological polar surface area (TPSA) is 88.8 Å². The second-order valence-electron chi connectivity index (χ2n) is 3.83. The van der Waals surface area contributed by atoms with Crippen molar-refractivity contribution in [3.63, 3.8) is 0 Å². The van der Waals surface area contributed by atoms with Gasteiger partial charge in [0.25, 0.3) is 0 Å². The highest BCUT2D eigenvalue weighted by Crippen LogP contribution is 2.33. The number of rotatable bonds is 5. The second-order valence-corrected chi connectivity index (χ2v) is 5.04. The summed E-state index contributed by atoms with van der Waals surface area (Å²) in [5.74, 6) is 0.238. The van der Waals surface area contributed by atoms with E-state index in [1.807, 2.05) is 30.3 Å². The van der Waals surface area contributed by atoms with Gasteiger partial charge >= 0.3 is 10.3 Å². The Bertz CT molecular complexity index is 714. The van der Waals surface area contributed by atoms with Crippen LogP contribution in [0.1, 0.15) is 0 Å². The third-order valence-corrected chi connectivity index (χ3v) is 3.19. The maximum absolute atomic E-state index is 11.3. The molecule has 0 aliphatic heterocycles. The molecule has 2 aromatic carbocycles. The predicted octanol–water partition coefficient (Wildman–Crippen LogP) is 3.02. The molecule has 2 aromatic rings. The lowest BCUT2D eigenvalue weighted by molar-refractivity contribution is 0.390. The van der Waals surface area contributed by atoms with Gasteiger partial charge in [-0.05, 0) is 27.8 Å². The van der Waals surface area contributed by atoms with Crippen LogP contribution in [0.4, 0.5) is 0 Å². The van der Waals surface area contributed by atoms with Crippen molar-refractivity contribution in [3.8, 4) is 22.6 Å². The fraction of sp³-hybridized carbons (Fsp3) is 0.0769. The summed E-state index contributed by atoms with van der Waals surface area (Å²) in [5, 5.41) is 0. The highest BCUT2D eigenvalue weighted by molar-refractivity contribution is 7.85. The van der Waals surface area contributed by atoms with Gasteiger partial charge in [-0.1, -0.05) is 36.4 Å². The van der Waals surface area contributed by atoms with Crippen LogP contribution in [0, 0.1) is 5.53 Å². The minimum Gasteiger partial charge on any atom is -0.493 e. The minimum absolute atomic E-state index is 0.00940. The van der Waals surface area contributed by atoms with E-state index in [0.29, 0.717) is 0 Å². The van der Waals surface area contributed by atoms with Crippen molar-refractivity contribution in [3.05, 3.63) is 48.5 Å². The lowest BCUT2D eigenvalue weighted by Crippen LogP contribution is -2.05. The van der Waals surface area contributed by atoms with E-state index in [1.54, 1.807) is 12.1 Å². The molecule has 0 amide bonds. The summed E-state index contributed by atoms with van der Waals surface area (Å²) in [4.78, 5) is 0. The van der Waals surface area contributed by atoms with Crippen molar-refractivity contribution < 1.29 is 17.3 Å². The van der Waals surface area contributed by atoms with E-state index in [4.69, 9.17) is 14.5 Å². The van der Waals surface area contributed by atoms with Crippen LogP contribution in [0.3, 0.4) is 0 Å². The summed E-state index contributed by atoms with van der Waals surface area (Å²) < 4.78 is 34.7. The molecule has 0 unspecified atom stereocenters. The molecule has 0 atom stereocenters. The number of nitrogens with one attached hydrogen (secondary N) is 1. The van der Waals surface area contributed by atoms with E-state index < -0.39 is 10.3 Å². The monoisotopic (exact) mass is 292 g/mol. The Morgan fingerprint density at radius 2 is 1.70 bits per heavy atom. The molecule has 0 aromatic heterocycles. The average molecular weight is 292 g/mol. The highest BCUT2D eigenvalue weighted by Gasteiger charge is 2.15. The molecular formula is C13H12N2O4S. The fourth-order valence-corrected chi connectivity index (χ4v) is 2.08. The van der Waals surface area contributed by atoms with E-state index in [2.05, 4.69) is 4.52 Å². The van der Waals surface area contributed by atoms with Crippen LogP contribution in [-0.2, 0) is 10.3 Å². The van der Waals surface area contributed by atoms with Crippen LogP contribution in [0.15, 0.2) is 53.1 Å². The Labute approximate surface area is 116 Å². The van der Waals surface area contributed by atoms with E-state index in [9.17, 15) is 8.42 Å². The number of methoxy groups -OCH3 is 1. The molecule has 0 saturated heterocycles. The zero-order chi connectivity index (χ0) is 14.6. The SMILES string of the molecule is COc1ccc(-c2ccccc2)cc1OS(=O)(=O)N=N. The van der Waals surface area contributed by atoms with E-state index in [0.717, 1.165) is 11.1 Å². The molecular weight excluding hydrogens is 280 g/mol. The summed E-state index contributed by atoms with van der Waals surface area (Å²) in [5.41, 5.74) is 8.24. The van der Waals surface area contributed by atoms with Gasteiger partial charge in [0.1, 0.15) is 0 Å². The first-order valence-corrected chi connectivity index (χ1v) is 6.99. The average Bonchev–Trinajstić information content (AvgIpc) is 2.48. The Balaban J connectivity index is 2.47. The molecule has 0 aliphatic rings. The zero-order valence-corrected chi connectivity index (χ0v) is 11.4. The second kappa shape index (κ2) is 5.70. The number of ether oxygens (including phenoxy) is 1. The van der Waals surface area contributed by atoms with Gasteiger partial charge < -0.3 is 8.92 Å². The van der Waals surface area contributed by atoms with E-state index >= 15 is 0 Å². The van der Waals surface area contributed by atoms with Crippen LogP contribution in [0.2, 0.25) is 0 Å². The quantitative estimate of drug-likeness (QED) is 0.858. The summed E-state index contributed by atoms with van der Waals surface area (Å²) in [7, 11) is -2.89. The van der Waals surface area contributed by atoms with Crippen LogP contribution in [0.25, 0.3) is 11.1 Å². The molecule has 6 nitrogen and oxygen atoms in total. The van der Waals surface area contributed by atoms with Gasteiger partial charge in [-0.25, -0.2) is 0 Å². The standard InChI is InChI=1S/C13H12N2O4S/c1-18-12-8-7-11(10-5-3-2-4-6-10)9-13(12)19-20(16,17)15-14/h2-9,14H,1H3. The molecule has 0 saturated carbocycles. The Morgan fingerprint density at radius 3 is 2.30 bits per heavy atom. The molecule has 2 rings (SSSR count). The van der Waals surface area contributed by atoms with E-state index in [-0.39, 0.29) is 11.5 Å². The minimum atomic E-state index is -4.29. The van der Waals surface area contributed by atoms with Crippen LogP contribution in [-0.4, -0.2) is 15.5 Å². The normalized spacial score (nSPS) is 10.8. The molecule has 20 heavy (non-hydrogen) atoms. The van der Waals surface area contributed by atoms with Gasteiger partial charge in [-0.3, -0.25) is 0 Å². The molecule has 0 radical (unpaired) electrons. The zero-order valence-electron chi connectivity index (χ0n) is 10.6. The predicted molar refractivity (Wildman–Crippen MR) is 73.1 cm³/mol. The number of nitrogens with zero attached hydrogens (tertiary/aromatic N) is 1. The molecule has 1 N–H and O–H groups in total. The van der Waals surface area contributed by atoms with Gasteiger partial charge in [0.2, 0.25) is 0 Å². The molecule has 0 bridgehead atoms. The van der Waals surface area contributed by atoms with Gasteiger partial charge in [-0.2, -0.15) is 13.9 Å². The van der Waals surface area contributed by atoms with Gasteiger partial charge in [0.15, 0.2) is 11.5 Å². The summed E-state index contributed by atoms with van der Waals surface area (Å²) >= 11 is 0. The summed E-state index contributed by atoms with van der Waals surface area (Å²) in [6.07, 6.45) is 0. The molecule has 0 aliphatic carbocycles. The van der Waals surface area contributed by atoms with Crippen molar-refractivity contribution in [2.45, 2.75) is 0 Å². The molecule has 0 fully saturated rings. The number of hydrogen-bond donors (Lipinski definition) is 1. The van der Waals surface area contributed by atoms with Crippen LogP contribution >= 0.6 is 0 Å². The van der Waals surface area contributed by atoms with Crippen molar-refractivity contribution in [2.24, 2.45) is 4.52 Å². The summed E-state index contributed by atoms with van der Waals surface area (Å²) in [6.45, 7) is 0. The Hall–Kier alpha value is -2.41. The molecule has 0 heterocycles. The maximum atomic E-state index is 11.3. The van der Waals surface area contributed by atoms with E-state index in [1.165, 1.54) is 13.2 Å². The van der Waals surface area contributed by atoms with Crippen molar-refractivity contribution in [1.29, 1.82) is 5.53 Å². The first kappa shape index (κ1) is 14.0. The fourth-order valence-electron chi connectivity index (χ4n) is 1.68. The van der Waals surface area contributed by atoms with Crippen LogP contribution < -0.4 is 8.92 Å². The lowest BCUT2D eigenvalue weighted by atomic mass is 10.1. The van der Waals surface area contributed by atoms with Crippen molar-refractivity contribution >= 4 is 10.3 Å². The van der Waals surface area contributed by atoms with Crippen molar-refractivity contribution in [1.82, 2.24) is 0 Å². The van der Waals surface area contributed by atoms with Crippen LogP contribution in [0.5, 0.6) is 11.5 Å². The Kier molecular flexibility index (Phi) is 3.99. The third-order valence-electron chi connectivity index (χ3n) is 2.58. The van der Waals surface area contributed by atoms with Gasteiger partial charge in [-0.15, -0.1) is 0 Å². The smallest absolute Gasteiger partial charge is 0.445 e. The highest BCUT2D eigenvalue weighted by atomic mass is 32.2.